The summed E-state index contributed by atoms with van der Waals surface area (Å²) in [5, 5.41) is 3.30. The molecule has 1 aliphatic rings. The van der Waals surface area contributed by atoms with Gasteiger partial charge in [-0.1, -0.05) is 11.9 Å². The molecule has 15 heavy (non-hydrogen) atoms. The van der Waals surface area contributed by atoms with Crippen molar-refractivity contribution in [1.82, 2.24) is 19.6 Å². The Hall–Kier alpha value is -0.650. The molecule has 1 aromatic heterocycles. The molecule has 2 heterocycles. The van der Waals surface area contributed by atoms with Crippen LogP contribution >= 0.6 is 11.9 Å². The number of hydrogen-bond acceptors (Lipinski definition) is 5. The van der Waals surface area contributed by atoms with E-state index in [0.717, 1.165) is 42.7 Å². The van der Waals surface area contributed by atoms with E-state index in [4.69, 9.17) is 0 Å². The fraction of sp³-hybridized carbons (Fsp3) is 0.600. The van der Waals surface area contributed by atoms with E-state index in [1.54, 1.807) is 0 Å². The molecular weight excluding hydrogens is 208 g/mol. The number of nitrogens with one attached hydrogen (secondary N) is 1. The highest BCUT2D eigenvalue weighted by atomic mass is 32.2. The molecule has 0 bridgehead atoms. The third kappa shape index (κ3) is 3.15. The van der Waals surface area contributed by atoms with Crippen molar-refractivity contribution in [2.24, 2.45) is 0 Å². The van der Waals surface area contributed by atoms with Crippen LogP contribution in [0.25, 0.3) is 0 Å². The zero-order valence-electron chi connectivity index (χ0n) is 9.16. The summed E-state index contributed by atoms with van der Waals surface area (Å²) in [5.74, 6) is 1.80. The van der Waals surface area contributed by atoms with Crippen LogP contribution in [-0.4, -0.2) is 34.0 Å². The molecule has 0 saturated carbocycles. The van der Waals surface area contributed by atoms with Gasteiger partial charge < -0.3 is 5.32 Å². The Bertz CT molecular complexity index is 316. The van der Waals surface area contributed by atoms with Gasteiger partial charge in [-0.15, -0.1) is 0 Å². The van der Waals surface area contributed by atoms with Crippen LogP contribution < -0.4 is 5.32 Å². The molecule has 0 aromatic carbocycles. The zero-order valence-corrected chi connectivity index (χ0v) is 9.97. The van der Waals surface area contributed by atoms with Gasteiger partial charge in [0.2, 0.25) is 0 Å². The van der Waals surface area contributed by atoms with E-state index in [9.17, 15) is 0 Å². The topological polar surface area (TPSA) is 41.0 Å². The predicted molar refractivity (Wildman–Crippen MR) is 62.4 cm³/mol. The van der Waals surface area contributed by atoms with E-state index in [2.05, 4.69) is 25.7 Å². The average molecular weight is 224 g/mol. The fourth-order valence-corrected chi connectivity index (χ4v) is 2.49. The van der Waals surface area contributed by atoms with Gasteiger partial charge in [0.25, 0.3) is 0 Å². The second-order valence-corrected chi connectivity index (χ2v) is 4.75. The summed E-state index contributed by atoms with van der Waals surface area (Å²) in [7, 11) is 0. The summed E-state index contributed by atoms with van der Waals surface area (Å²) in [6, 6.07) is 2.06. The number of aromatic nitrogens is 2. The Morgan fingerprint density at radius 2 is 2.33 bits per heavy atom. The van der Waals surface area contributed by atoms with Crippen molar-refractivity contribution in [3.05, 3.63) is 23.3 Å². The maximum absolute atomic E-state index is 4.42. The molecule has 4 nitrogen and oxygen atoms in total. The summed E-state index contributed by atoms with van der Waals surface area (Å²) in [4.78, 5) is 8.68. The van der Waals surface area contributed by atoms with E-state index in [1.165, 1.54) is 0 Å². The standard InChI is InChI=1S/C10H16N4S/c1-8-5-10(13-9(2)12-8)6-15-14-4-3-11-7-14/h5,11H,3-4,6-7H2,1-2H3. The molecule has 1 saturated heterocycles. The Balaban J connectivity index is 1.92. The van der Waals surface area contributed by atoms with Gasteiger partial charge in [-0.3, -0.25) is 0 Å². The van der Waals surface area contributed by atoms with Gasteiger partial charge in [0.1, 0.15) is 5.82 Å². The van der Waals surface area contributed by atoms with Crippen molar-refractivity contribution in [3.63, 3.8) is 0 Å². The molecule has 0 aliphatic carbocycles. The molecule has 5 heteroatoms. The summed E-state index contributed by atoms with van der Waals surface area (Å²) in [6.07, 6.45) is 0. The molecule has 2 rings (SSSR count). The lowest BCUT2D eigenvalue weighted by atomic mass is 10.3. The number of rotatable bonds is 3. The SMILES string of the molecule is Cc1cc(CSN2CCNC2)nc(C)n1. The van der Waals surface area contributed by atoms with Crippen LogP contribution in [-0.2, 0) is 5.75 Å². The van der Waals surface area contributed by atoms with Crippen molar-refractivity contribution in [2.45, 2.75) is 19.6 Å². The first-order valence-corrected chi connectivity index (χ1v) is 6.08. The maximum Gasteiger partial charge on any atom is 0.125 e. The minimum Gasteiger partial charge on any atom is -0.302 e. The lowest BCUT2D eigenvalue weighted by molar-refractivity contribution is 0.575. The second kappa shape index (κ2) is 4.92. The van der Waals surface area contributed by atoms with Crippen LogP contribution in [0.15, 0.2) is 6.07 Å². The molecule has 0 radical (unpaired) electrons. The first kappa shape index (κ1) is 10.9. The third-order valence-electron chi connectivity index (χ3n) is 2.24. The van der Waals surface area contributed by atoms with E-state index in [0.29, 0.717) is 0 Å². The molecular formula is C10H16N4S. The van der Waals surface area contributed by atoms with Gasteiger partial charge in [-0.2, -0.15) is 0 Å². The van der Waals surface area contributed by atoms with Gasteiger partial charge >= 0.3 is 0 Å². The van der Waals surface area contributed by atoms with E-state index >= 15 is 0 Å². The highest BCUT2D eigenvalue weighted by Gasteiger charge is 2.11. The minimum absolute atomic E-state index is 0.866. The lowest BCUT2D eigenvalue weighted by Gasteiger charge is -2.12. The van der Waals surface area contributed by atoms with E-state index in [-0.39, 0.29) is 0 Å². The first-order valence-electron chi connectivity index (χ1n) is 5.14. The van der Waals surface area contributed by atoms with Gasteiger partial charge in [0, 0.05) is 18.8 Å². The molecule has 1 fully saturated rings. The average Bonchev–Trinajstić information content (AvgIpc) is 2.65. The Morgan fingerprint density at radius 3 is 3.00 bits per heavy atom. The van der Waals surface area contributed by atoms with Crippen LogP contribution in [0, 0.1) is 13.8 Å². The largest absolute Gasteiger partial charge is 0.302 e. The predicted octanol–water partition coefficient (Wildman–Crippen LogP) is 1.10. The Morgan fingerprint density at radius 1 is 1.47 bits per heavy atom. The van der Waals surface area contributed by atoms with Crippen LogP contribution in [0.5, 0.6) is 0 Å². The van der Waals surface area contributed by atoms with Crippen molar-refractivity contribution in [2.75, 3.05) is 19.8 Å². The van der Waals surface area contributed by atoms with E-state index < -0.39 is 0 Å². The van der Waals surface area contributed by atoms with Crippen molar-refractivity contribution in [3.8, 4) is 0 Å². The molecule has 0 spiro atoms. The van der Waals surface area contributed by atoms with Crippen molar-refractivity contribution >= 4 is 11.9 Å². The smallest absolute Gasteiger partial charge is 0.125 e. The Labute approximate surface area is 94.6 Å². The monoisotopic (exact) mass is 224 g/mol. The number of hydrogen-bond donors (Lipinski definition) is 1. The minimum atomic E-state index is 0.866. The normalized spacial score (nSPS) is 17.2. The second-order valence-electron chi connectivity index (χ2n) is 3.68. The van der Waals surface area contributed by atoms with Crippen molar-refractivity contribution in [1.29, 1.82) is 0 Å². The molecule has 1 aliphatic heterocycles. The zero-order chi connectivity index (χ0) is 10.7. The third-order valence-corrected chi connectivity index (χ3v) is 3.34. The Kier molecular flexibility index (Phi) is 3.56. The number of nitrogens with zero attached hydrogens (tertiary/aromatic N) is 3. The van der Waals surface area contributed by atoms with Crippen LogP contribution in [0.4, 0.5) is 0 Å². The van der Waals surface area contributed by atoms with E-state index in [1.807, 2.05) is 25.8 Å². The fourth-order valence-electron chi connectivity index (χ4n) is 1.62. The highest BCUT2D eigenvalue weighted by molar-refractivity contribution is 7.96. The maximum atomic E-state index is 4.42. The quantitative estimate of drug-likeness (QED) is 0.779. The molecule has 0 amide bonds. The number of aryl methyl sites for hydroxylation is 2. The molecule has 82 valence electrons. The summed E-state index contributed by atoms with van der Waals surface area (Å²) >= 11 is 1.84. The first-order chi connectivity index (χ1) is 7.24. The lowest BCUT2D eigenvalue weighted by Crippen LogP contribution is -2.14. The molecule has 1 aromatic rings. The van der Waals surface area contributed by atoms with Gasteiger partial charge in [0.05, 0.1) is 18.1 Å². The summed E-state index contributed by atoms with van der Waals surface area (Å²) < 4.78 is 2.33. The molecule has 0 unspecified atom stereocenters. The van der Waals surface area contributed by atoms with Gasteiger partial charge in [-0.25, -0.2) is 14.3 Å². The van der Waals surface area contributed by atoms with Crippen molar-refractivity contribution < 1.29 is 0 Å². The molecule has 0 atom stereocenters. The van der Waals surface area contributed by atoms with Crippen LogP contribution in [0.2, 0.25) is 0 Å². The van der Waals surface area contributed by atoms with Crippen LogP contribution in [0.3, 0.4) is 0 Å². The summed E-state index contributed by atoms with van der Waals surface area (Å²) in [5.41, 5.74) is 2.18. The van der Waals surface area contributed by atoms with Crippen LogP contribution in [0.1, 0.15) is 17.2 Å². The van der Waals surface area contributed by atoms with Gasteiger partial charge in [0.15, 0.2) is 0 Å². The highest BCUT2D eigenvalue weighted by Crippen LogP contribution is 2.16. The summed E-state index contributed by atoms with van der Waals surface area (Å²) in [6.45, 7) is 7.15. The van der Waals surface area contributed by atoms with Gasteiger partial charge in [-0.05, 0) is 19.9 Å². The molecule has 1 N–H and O–H groups in total.